The molecule has 1 amide bonds. The first-order valence-corrected chi connectivity index (χ1v) is 8.17. The van der Waals surface area contributed by atoms with E-state index in [0.717, 1.165) is 37.9 Å². The highest BCUT2D eigenvalue weighted by Gasteiger charge is 2.29. The van der Waals surface area contributed by atoms with E-state index in [4.69, 9.17) is 0 Å². The number of carbonyl (C=O) groups excluding carboxylic acids is 1. The molecular weight excluding hydrogens is 260 g/mol. The summed E-state index contributed by atoms with van der Waals surface area (Å²) in [6.45, 7) is 6.46. The molecule has 0 bridgehead atoms. The van der Waals surface area contributed by atoms with Crippen molar-refractivity contribution in [2.75, 3.05) is 6.54 Å². The molecule has 1 atom stereocenters. The molecule has 1 unspecified atom stereocenters. The van der Waals surface area contributed by atoms with Gasteiger partial charge in [-0.25, -0.2) is 0 Å². The van der Waals surface area contributed by atoms with Crippen molar-refractivity contribution in [3.05, 3.63) is 34.9 Å². The average molecular weight is 286 g/mol. The third-order valence-corrected chi connectivity index (χ3v) is 4.93. The van der Waals surface area contributed by atoms with Gasteiger partial charge in [0.25, 0.3) is 5.91 Å². The minimum absolute atomic E-state index is 0.122. The van der Waals surface area contributed by atoms with Gasteiger partial charge in [0.05, 0.1) is 0 Å². The number of fused-ring (bicyclic) bond motifs is 1. The minimum atomic E-state index is 0.122. The van der Waals surface area contributed by atoms with Crippen LogP contribution in [0.2, 0.25) is 0 Å². The summed E-state index contributed by atoms with van der Waals surface area (Å²) in [5.41, 5.74) is 3.76. The second-order valence-electron chi connectivity index (χ2n) is 7.30. The third kappa shape index (κ3) is 3.29. The fourth-order valence-corrected chi connectivity index (χ4v) is 3.83. The molecule has 1 aromatic carbocycles. The Morgan fingerprint density at radius 1 is 1.38 bits per heavy atom. The molecule has 3 nitrogen and oxygen atoms in total. The molecule has 0 aromatic heterocycles. The van der Waals surface area contributed by atoms with Gasteiger partial charge in [0.2, 0.25) is 0 Å². The standard InChI is InChI=1S/C18H26N2O/c1-18(2)9-4-6-14(11-18)20-17(21)16-7-3-5-13-12-19-10-8-15(13)16/h3,5,7,14,19H,4,6,8-12H2,1-2H3,(H,20,21). The molecule has 3 rings (SSSR count). The number of rotatable bonds is 2. The predicted octanol–water partition coefficient (Wildman–Crippen LogP) is 3.03. The number of amides is 1. The maximum absolute atomic E-state index is 12.7. The SMILES string of the molecule is CC1(C)CCCC(NC(=O)c2cccc3c2CCNC3)C1. The Labute approximate surface area is 127 Å². The first-order valence-electron chi connectivity index (χ1n) is 8.17. The van der Waals surface area contributed by atoms with Crippen molar-refractivity contribution in [1.29, 1.82) is 0 Å². The van der Waals surface area contributed by atoms with Gasteiger partial charge >= 0.3 is 0 Å². The maximum atomic E-state index is 12.7. The average Bonchev–Trinajstić information content (AvgIpc) is 2.45. The van der Waals surface area contributed by atoms with Crippen LogP contribution in [0.15, 0.2) is 18.2 Å². The molecular formula is C18H26N2O. The summed E-state index contributed by atoms with van der Waals surface area (Å²) in [7, 11) is 0. The lowest BCUT2D eigenvalue weighted by Gasteiger charge is -2.35. The molecule has 1 aromatic rings. The molecule has 0 spiro atoms. The van der Waals surface area contributed by atoms with Crippen molar-refractivity contribution >= 4 is 5.91 Å². The van der Waals surface area contributed by atoms with Gasteiger partial charge in [-0.05, 0) is 54.8 Å². The van der Waals surface area contributed by atoms with E-state index < -0.39 is 0 Å². The van der Waals surface area contributed by atoms with Gasteiger partial charge in [0.1, 0.15) is 0 Å². The third-order valence-electron chi connectivity index (χ3n) is 4.93. The molecule has 114 valence electrons. The van der Waals surface area contributed by atoms with Crippen LogP contribution in [0.25, 0.3) is 0 Å². The van der Waals surface area contributed by atoms with Crippen LogP contribution in [0.5, 0.6) is 0 Å². The van der Waals surface area contributed by atoms with Crippen LogP contribution >= 0.6 is 0 Å². The van der Waals surface area contributed by atoms with Crippen LogP contribution in [0.1, 0.15) is 61.0 Å². The number of benzene rings is 1. The summed E-state index contributed by atoms with van der Waals surface area (Å²) < 4.78 is 0. The lowest BCUT2D eigenvalue weighted by Crippen LogP contribution is -2.41. The second-order valence-corrected chi connectivity index (χ2v) is 7.30. The summed E-state index contributed by atoms with van der Waals surface area (Å²) in [4.78, 5) is 12.7. The minimum Gasteiger partial charge on any atom is -0.349 e. The zero-order valence-corrected chi connectivity index (χ0v) is 13.2. The lowest BCUT2D eigenvalue weighted by molar-refractivity contribution is 0.0901. The van der Waals surface area contributed by atoms with Crippen molar-refractivity contribution in [2.45, 2.75) is 58.5 Å². The Balaban J connectivity index is 1.74. The van der Waals surface area contributed by atoms with Crippen LogP contribution in [-0.4, -0.2) is 18.5 Å². The Morgan fingerprint density at radius 2 is 2.24 bits per heavy atom. The molecule has 2 aliphatic rings. The fraction of sp³-hybridized carbons (Fsp3) is 0.611. The van der Waals surface area contributed by atoms with Gasteiger partial charge in [0, 0.05) is 18.2 Å². The van der Waals surface area contributed by atoms with E-state index in [1.54, 1.807) is 0 Å². The number of carbonyl (C=O) groups is 1. The van der Waals surface area contributed by atoms with E-state index in [9.17, 15) is 4.79 Å². The van der Waals surface area contributed by atoms with Gasteiger partial charge in [-0.3, -0.25) is 4.79 Å². The van der Waals surface area contributed by atoms with E-state index in [1.165, 1.54) is 24.0 Å². The molecule has 0 radical (unpaired) electrons. The number of hydrogen-bond acceptors (Lipinski definition) is 2. The summed E-state index contributed by atoms with van der Waals surface area (Å²) >= 11 is 0. The van der Waals surface area contributed by atoms with Crippen LogP contribution in [0.3, 0.4) is 0 Å². The highest BCUT2D eigenvalue weighted by Crippen LogP contribution is 2.35. The van der Waals surface area contributed by atoms with E-state index in [-0.39, 0.29) is 5.91 Å². The zero-order chi connectivity index (χ0) is 14.9. The summed E-state index contributed by atoms with van der Waals surface area (Å²) in [6, 6.07) is 6.44. The molecule has 1 heterocycles. The van der Waals surface area contributed by atoms with Crippen molar-refractivity contribution in [1.82, 2.24) is 10.6 Å². The normalized spacial score (nSPS) is 24.2. The van der Waals surface area contributed by atoms with Crippen molar-refractivity contribution in [3.8, 4) is 0 Å². The zero-order valence-electron chi connectivity index (χ0n) is 13.2. The summed E-state index contributed by atoms with van der Waals surface area (Å²) in [6.07, 6.45) is 5.65. The van der Waals surface area contributed by atoms with E-state index in [0.29, 0.717) is 11.5 Å². The first kappa shape index (κ1) is 14.6. The monoisotopic (exact) mass is 286 g/mol. The number of hydrogen-bond donors (Lipinski definition) is 2. The largest absolute Gasteiger partial charge is 0.349 e. The van der Waals surface area contributed by atoms with Crippen LogP contribution in [0, 0.1) is 5.41 Å². The highest BCUT2D eigenvalue weighted by molar-refractivity contribution is 5.96. The molecule has 1 aliphatic carbocycles. The van der Waals surface area contributed by atoms with Gasteiger partial charge in [-0.2, -0.15) is 0 Å². The topological polar surface area (TPSA) is 41.1 Å². The second kappa shape index (κ2) is 5.80. The number of nitrogens with one attached hydrogen (secondary N) is 2. The quantitative estimate of drug-likeness (QED) is 0.877. The van der Waals surface area contributed by atoms with Crippen molar-refractivity contribution in [3.63, 3.8) is 0 Å². The maximum Gasteiger partial charge on any atom is 0.251 e. The van der Waals surface area contributed by atoms with Gasteiger partial charge in [0.15, 0.2) is 0 Å². The summed E-state index contributed by atoms with van der Waals surface area (Å²) in [5, 5.41) is 6.65. The van der Waals surface area contributed by atoms with Crippen LogP contribution in [0.4, 0.5) is 0 Å². The smallest absolute Gasteiger partial charge is 0.251 e. The first-order chi connectivity index (χ1) is 10.1. The Bertz CT molecular complexity index is 536. The molecule has 0 saturated heterocycles. The van der Waals surface area contributed by atoms with E-state index >= 15 is 0 Å². The van der Waals surface area contributed by atoms with Crippen LogP contribution in [-0.2, 0) is 13.0 Å². The van der Waals surface area contributed by atoms with Gasteiger partial charge in [-0.1, -0.05) is 32.4 Å². The van der Waals surface area contributed by atoms with Crippen molar-refractivity contribution < 1.29 is 4.79 Å². The van der Waals surface area contributed by atoms with E-state index in [2.05, 4.69) is 30.5 Å². The van der Waals surface area contributed by atoms with Gasteiger partial charge < -0.3 is 10.6 Å². The van der Waals surface area contributed by atoms with Crippen LogP contribution < -0.4 is 10.6 Å². The van der Waals surface area contributed by atoms with Crippen molar-refractivity contribution in [2.24, 2.45) is 5.41 Å². The molecule has 21 heavy (non-hydrogen) atoms. The fourth-order valence-electron chi connectivity index (χ4n) is 3.83. The Hall–Kier alpha value is -1.35. The molecule has 3 heteroatoms. The molecule has 2 N–H and O–H groups in total. The Kier molecular flexibility index (Phi) is 4.03. The molecule has 1 saturated carbocycles. The molecule has 1 aliphatic heterocycles. The Morgan fingerprint density at radius 3 is 3.05 bits per heavy atom. The summed E-state index contributed by atoms with van der Waals surface area (Å²) in [5.74, 6) is 0.122. The predicted molar refractivity (Wildman–Crippen MR) is 85.4 cm³/mol. The van der Waals surface area contributed by atoms with E-state index in [1.807, 2.05) is 12.1 Å². The lowest BCUT2D eigenvalue weighted by atomic mass is 9.75. The molecule has 1 fully saturated rings. The highest BCUT2D eigenvalue weighted by atomic mass is 16.1. The van der Waals surface area contributed by atoms with Gasteiger partial charge in [-0.15, -0.1) is 0 Å².